The van der Waals surface area contributed by atoms with Crippen LogP contribution in [0, 0.1) is 5.82 Å². The summed E-state index contributed by atoms with van der Waals surface area (Å²) >= 11 is 3.19. The van der Waals surface area contributed by atoms with Gasteiger partial charge >= 0.3 is 0 Å². The van der Waals surface area contributed by atoms with E-state index in [0.717, 1.165) is 0 Å². The van der Waals surface area contributed by atoms with Crippen molar-refractivity contribution in [2.24, 2.45) is 10.2 Å². The second kappa shape index (κ2) is 5.06. The first-order chi connectivity index (χ1) is 9.85. The molecule has 1 saturated heterocycles. The zero-order valence-corrected chi connectivity index (χ0v) is 13.1. The number of halogens is 2. The van der Waals surface area contributed by atoms with E-state index in [4.69, 9.17) is 0 Å². The van der Waals surface area contributed by atoms with Gasteiger partial charge in [-0.05, 0) is 34.5 Å². The Morgan fingerprint density at radius 1 is 1.43 bits per heavy atom. The molecule has 0 amide bonds. The van der Waals surface area contributed by atoms with E-state index in [1.807, 2.05) is 0 Å². The Balaban J connectivity index is 1.99. The van der Waals surface area contributed by atoms with Crippen molar-refractivity contribution in [2.75, 3.05) is 11.5 Å². The maximum Gasteiger partial charge on any atom is 0.218 e. The van der Waals surface area contributed by atoms with E-state index >= 15 is 0 Å². The average Bonchev–Trinajstić information content (AvgIpc) is 2.87. The highest BCUT2D eigenvalue weighted by Crippen LogP contribution is 2.39. The molecule has 21 heavy (non-hydrogen) atoms. The van der Waals surface area contributed by atoms with Crippen molar-refractivity contribution in [1.82, 2.24) is 4.98 Å². The number of azo groups is 1. The maximum absolute atomic E-state index is 13.5. The quantitative estimate of drug-likeness (QED) is 0.789. The molecule has 3 rings (SSSR count). The predicted octanol–water partition coefficient (Wildman–Crippen LogP) is 3.05. The summed E-state index contributed by atoms with van der Waals surface area (Å²) in [7, 11) is -3.04. The summed E-state index contributed by atoms with van der Waals surface area (Å²) in [6.07, 6.45) is 0.410. The van der Waals surface area contributed by atoms with Crippen LogP contribution in [0.3, 0.4) is 0 Å². The second-order valence-electron chi connectivity index (χ2n) is 4.90. The molecule has 1 fully saturated rings. The molecule has 0 saturated carbocycles. The van der Waals surface area contributed by atoms with Gasteiger partial charge in [-0.3, -0.25) is 0 Å². The highest BCUT2D eigenvalue weighted by molar-refractivity contribution is 9.10. The summed E-state index contributed by atoms with van der Waals surface area (Å²) in [6, 6.07) is 2.08. The van der Waals surface area contributed by atoms with Gasteiger partial charge in [0.15, 0.2) is 15.5 Å². The Labute approximate surface area is 128 Å². The number of nitrogens with zero attached hydrogens (tertiary/aromatic N) is 2. The molecule has 1 atom stereocenters. The van der Waals surface area contributed by atoms with E-state index in [1.54, 1.807) is 0 Å². The molecule has 2 heterocycles. The third-order valence-electron chi connectivity index (χ3n) is 3.31. The van der Waals surface area contributed by atoms with Crippen LogP contribution >= 0.6 is 15.9 Å². The van der Waals surface area contributed by atoms with Crippen molar-refractivity contribution in [3.8, 4) is 5.88 Å². The first-order valence-corrected chi connectivity index (χ1v) is 8.78. The number of fused-ring (bicyclic) bond motifs is 1. The molecule has 0 radical (unpaired) electrons. The van der Waals surface area contributed by atoms with E-state index in [9.17, 15) is 17.9 Å². The fraction of sp³-hybridized carbons (Fsp3) is 0.333. The standard InChI is InChI=1S/C12H11BrFN3O3S/c13-9-4-6(14)3-8-10(9)15-12(18)11(8)17-16-7-1-2-21(19,20)5-7/h3-4,7,15,18H,1-2,5H2/t7-/m1/s1. The first-order valence-electron chi connectivity index (χ1n) is 6.17. The molecule has 2 N–H and O–H groups in total. The lowest BCUT2D eigenvalue weighted by atomic mass is 10.2. The van der Waals surface area contributed by atoms with Gasteiger partial charge < -0.3 is 10.1 Å². The monoisotopic (exact) mass is 375 g/mol. The Morgan fingerprint density at radius 3 is 2.86 bits per heavy atom. The highest BCUT2D eigenvalue weighted by Gasteiger charge is 2.28. The van der Waals surface area contributed by atoms with Gasteiger partial charge in [0.25, 0.3) is 0 Å². The van der Waals surface area contributed by atoms with Crippen LogP contribution in [0.4, 0.5) is 10.1 Å². The smallest absolute Gasteiger partial charge is 0.218 e. The number of rotatable bonds is 2. The topological polar surface area (TPSA) is 94.9 Å². The third-order valence-corrected chi connectivity index (χ3v) is 5.68. The average molecular weight is 376 g/mol. The van der Waals surface area contributed by atoms with Crippen LogP contribution < -0.4 is 0 Å². The third kappa shape index (κ3) is 2.80. The van der Waals surface area contributed by atoms with Gasteiger partial charge in [0.05, 0.1) is 23.1 Å². The molecule has 9 heteroatoms. The molecule has 0 bridgehead atoms. The lowest BCUT2D eigenvalue weighted by Gasteiger charge is -1.98. The minimum absolute atomic E-state index is 0.0440. The summed E-state index contributed by atoms with van der Waals surface area (Å²) in [5, 5.41) is 18.1. The Kier molecular flexibility index (Phi) is 3.48. The van der Waals surface area contributed by atoms with Crippen molar-refractivity contribution in [2.45, 2.75) is 12.5 Å². The van der Waals surface area contributed by atoms with Crippen LogP contribution in [0.1, 0.15) is 6.42 Å². The molecule has 6 nitrogen and oxygen atoms in total. The summed E-state index contributed by atoms with van der Waals surface area (Å²) in [5.41, 5.74) is 0.608. The lowest BCUT2D eigenvalue weighted by Crippen LogP contribution is -2.06. The fourth-order valence-corrected chi connectivity index (χ4v) is 4.45. The molecular formula is C12H11BrFN3O3S. The zero-order valence-electron chi connectivity index (χ0n) is 10.7. The van der Waals surface area contributed by atoms with E-state index < -0.39 is 21.7 Å². The first kappa shape index (κ1) is 14.5. The number of aromatic amines is 1. The predicted molar refractivity (Wildman–Crippen MR) is 79.2 cm³/mol. The summed E-state index contributed by atoms with van der Waals surface area (Å²) in [5.74, 6) is -0.664. The fourth-order valence-electron chi connectivity index (χ4n) is 2.30. The highest BCUT2D eigenvalue weighted by atomic mass is 79.9. The van der Waals surface area contributed by atoms with E-state index in [-0.39, 0.29) is 23.1 Å². The van der Waals surface area contributed by atoms with Gasteiger partial charge in [-0.2, -0.15) is 5.11 Å². The van der Waals surface area contributed by atoms with Crippen LogP contribution in [0.15, 0.2) is 26.8 Å². The summed E-state index contributed by atoms with van der Waals surface area (Å²) in [6.45, 7) is 0. The van der Waals surface area contributed by atoms with E-state index in [0.29, 0.717) is 21.8 Å². The van der Waals surface area contributed by atoms with Gasteiger partial charge in [-0.15, -0.1) is 5.11 Å². The summed E-state index contributed by atoms with van der Waals surface area (Å²) in [4.78, 5) is 2.68. The molecule has 0 unspecified atom stereocenters. The van der Waals surface area contributed by atoms with Crippen LogP contribution in [0.25, 0.3) is 10.9 Å². The minimum atomic E-state index is -3.04. The Bertz CT molecular complexity index is 847. The number of benzene rings is 1. The van der Waals surface area contributed by atoms with Crippen molar-refractivity contribution >= 4 is 42.4 Å². The molecule has 0 aliphatic carbocycles. The number of hydrogen-bond acceptors (Lipinski definition) is 5. The summed E-state index contributed by atoms with van der Waals surface area (Å²) < 4.78 is 36.6. The van der Waals surface area contributed by atoms with Gasteiger partial charge in [0, 0.05) is 9.86 Å². The number of sulfone groups is 1. The van der Waals surface area contributed by atoms with Crippen LogP contribution in [0.5, 0.6) is 5.88 Å². The van der Waals surface area contributed by atoms with Gasteiger partial charge in [0.2, 0.25) is 5.88 Å². The van der Waals surface area contributed by atoms with E-state index in [2.05, 4.69) is 31.1 Å². The van der Waals surface area contributed by atoms with Crippen molar-refractivity contribution in [3.05, 3.63) is 22.4 Å². The molecule has 0 spiro atoms. The normalized spacial score (nSPS) is 21.5. The maximum atomic E-state index is 13.5. The number of H-pyrrole nitrogens is 1. The number of aromatic hydroxyl groups is 1. The van der Waals surface area contributed by atoms with Crippen molar-refractivity contribution in [1.29, 1.82) is 0 Å². The molecule has 1 aliphatic rings. The lowest BCUT2D eigenvalue weighted by molar-refractivity contribution is 0.459. The Morgan fingerprint density at radius 2 is 2.19 bits per heavy atom. The van der Waals surface area contributed by atoms with E-state index in [1.165, 1.54) is 12.1 Å². The van der Waals surface area contributed by atoms with Crippen LogP contribution in [0.2, 0.25) is 0 Å². The molecule has 2 aromatic rings. The van der Waals surface area contributed by atoms with Crippen molar-refractivity contribution in [3.63, 3.8) is 0 Å². The molecular weight excluding hydrogens is 365 g/mol. The minimum Gasteiger partial charge on any atom is -0.493 e. The number of hydrogen-bond donors (Lipinski definition) is 2. The van der Waals surface area contributed by atoms with Crippen LogP contribution in [-0.2, 0) is 9.84 Å². The van der Waals surface area contributed by atoms with Gasteiger partial charge in [0.1, 0.15) is 5.82 Å². The zero-order chi connectivity index (χ0) is 15.2. The van der Waals surface area contributed by atoms with Crippen LogP contribution in [-0.4, -0.2) is 36.1 Å². The SMILES string of the molecule is O=S1(=O)CC[C@@H](N=Nc2c(O)[nH]c3c(Br)cc(F)cc23)C1. The number of nitrogens with one attached hydrogen (secondary N) is 1. The molecule has 112 valence electrons. The Hall–Kier alpha value is -1.48. The van der Waals surface area contributed by atoms with Gasteiger partial charge in [-0.25, -0.2) is 12.8 Å². The van der Waals surface area contributed by atoms with Gasteiger partial charge in [-0.1, -0.05) is 0 Å². The van der Waals surface area contributed by atoms with Crippen molar-refractivity contribution < 1.29 is 17.9 Å². The number of aromatic nitrogens is 1. The largest absolute Gasteiger partial charge is 0.493 e. The molecule has 1 aromatic carbocycles. The second-order valence-corrected chi connectivity index (χ2v) is 7.99. The molecule has 1 aliphatic heterocycles. The molecule has 1 aromatic heterocycles.